The third-order valence-electron chi connectivity index (χ3n) is 2.54. The first-order chi connectivity index (χ1) is 9.25. The van der Waals surface area contributed by atoms with Crippen LogP contribution < -0.4 is 11.1 Å². The van der Waals surface area contributed by atoms with Crippen molar-refractivity contribution in [3.63, 3.8) is 0 Å². The molecule has 0 fully saturated rings. The Kier molecular flexibility index (Phi) is 3.10. The van der Waals surface area contributed by atoms with Crippen LogP contribution in [-0.2, 0) is 6.54 Å². The van der Waals surface area contributed by atoms with Gasteiger partial charge in [-0.3, -0.25) is 4.79 Å². The van der Waals surface area contributed by atoms with Crippen LogP contribution in [0.5, 0.6) is 0 Å². The molecule has 1 amide bonds. The van der Waals surface area contributed by atoms with Crippen LogP contribution in [0.3, 0.4) is 0 Å². The van der Waals surface area contributed by atoms with E-state index < -0.39 is 0 Å². The lowest BCUT2D eigenvalue weighted by atomic mass is 10.3. The minimum absolute atomic E-state index is 0.214. The van der Waals surface area contributed by atoms with E-state index >= 15 is 0 Å². The van der Waals surface area contributed by atoms with E-state index in [9.17, 15) is 4.79 Å². The van der Waals surface area contributed by atoms with Gasteiger partial charge in [0.1, 0.15) is 9.71 Å². The predicted octanol–water partition coefficient (Wildman–Crippen LogP) is 1.66. The SMILES string of the molecule is Nc1c(C(=O)NCc2cscn2)sc2nnccc12. The molecule has 0 unspecified atom stereocenters. The summed E-state index contributed by atoms with van der Waals surface area (Å²) in [5.41, 5.74) is 8.97. The summed E-state index contributed by atoms with van der Waals surface area (Å²) in [6.07, 6.45) is 1.56. The molecule has 0 aliphatic carbocycles. The molecule has 3 aromatic heterocycles. The quantitative estimate of drug-likeness (QED) is 0.765. The number of fused-ring (bicyclic) bond motifs is 1. The van der Waals surface area contributed by atoms with Crippen molar-refractivity contribution >= 4 is 44.5 Å². The van der Waals surface area contributed by atoms with Crippen LogP contribution in [0, 0.1) is 0 Å². The van der Waals surface area contributed by atoms with Crippen LogP contribution in [0.1, 0.15) is 15.4 Å². The minimum Gasteiger partial charge on any atom is -0.397 e. The Balaban J connectivity index is 1.83. The van der Waals surface area contributed by atoms with Crippen LogP contribution in [0.15, 0.2) is 23.2 Å². The molecule has 3 N–H and O–H groups in total. The monoisotopic (exact) mass is 291 g/mol. The molecule has 3 rings (SSSR count). The number of thiazole rings is 1. The molecule has 0 aliphatic rings. The number of nitrogens with one attached hydrogen (secondary N) is 1. The van der Waals surface area contributed by atoms with E-state index in [-0.39, 0.29) is 5.91 Å². The number of amides is 1. The molecular formula is C11H9N5OS2. The summed E-state index contributed by atoms with van der Waals surface area (Å²) in [6, 6.07) is 1.76. The largest absolute Gasteiger partial charge is 0.397 e. The van der Waals surface area contributed by atoms with Crippen LogP contribution in [0.4, 0.5) is 5.69 Å². The fraction of sp³-hybridized carbons (Fsp3) is 0.0909. The molecular weight excluding hydrogens is 282 g/mol. The van der Waals surface area contributed by atoms with Crippen LogP contribution in [0.2, 0.25) is 0 Å². The zero-order valence-corrected chi connectivity index (χ0v) is 11.3. The van der Waals surface area contributed by atoms with E-state index in [1.165, 1.54) is 22.7 Å². The first-order valence-corrected chi connectivity index (χ1v) is 7.16. The number of hydrogen-bond donors (Lipinski definition) is 2. The van der Waals surface area contributed by atoms with Crippen LogP contribution in [0.25, 0.3) is 10.2 Å². The van der Waals surface area contributed by atoms with Crippen LogP contribution in [-0.4, -0.2) is 21.1 Å². The lowest BCUT2D eigenvalue weighted by molar-refractivity contribution is 0.0955. The van der Waals surface area contributed by atoms with E-state index in [1.807, 2.05) is 5.38 Å². The Morgan fingerprint density at radius 2 is 2.37 bits per heavy atom. The van der Waals surface area contributed by atoms with Gasteiger partial charge in [0.2, 0.25) is 0 Å². The summed E-state index contributed by atoms with van der Waals surface area (Å²) in [4.78, 5) is 17.3. The number of hydrogen-bond acceptors (Lipinski definition) is 7. The zero-order valence-electron chi connectivity index (χ0n) is 9.66. The predicted molar refractivity (Wildman–Crippen MR) is 75.1 cm³/mol. The standard InChI is InChI=1S/C11H9N5OS2/c12-8-7-1-2-15-16-11(7)19-9(8)10(17)13-3-6-4-18-5-14-6/h1-2,4-5H,3,12H2,(H,13,17). The van der Waals surface area contributed by atoms with E-state index in [1.54, 1.807) is 17.8 Å². The van der Waals surface area contributed by atoms with Crippen molar-refractivity contribution in [1.29, 1.82) is 0 Å². The molecule has 0 bridgehead atoms. The molecule has 19 heavy (non-hydrogen) atoms. The second-order valence-corrected chi connectivity index (χ2v) is 5.48. The number of nitrogens with two attached hydrogens (primary N) is 1. The molecule has 0 atom stereocenters. The van der Waals surface area contributed by atoms with Gasteiger partial charge in [0, 0.05) is 10.8 Å². The molecule has 0 aromatic carbocycles. The van der Waals surface area contributed by atoms with Gasteiger partial charge in [0.15, 0.2) is 0 Å². The summed E-state index contributed by atoms with van der Waals surface area (Å²) in [6.45, 7) is 0.391. The fourth-order valence-electron chi connectivity index (χ4n) is 1.62. The van der Waals surface area contributed by atoms with E-state index in [0.29, 0.717) is 21.9 Å². The molecule has 3 aromatic rings. The number of anilines is 1. The maximum Gasteiger partial charge on any atom is 0.263 e. The van der Waals surface area contributed by atoms with Crippen molar-refractivity contribution < 1.29 is 4.79 Å². The van der Waals surface area contributed by atoms with E-state index in [0.717, 1.165) is 11.1 Å². The van der Waals surface area contributed by atoms with Gasteiger partial charge in [-0.2, -0.15) is 5.10 Å². The number of nitrogens with zero attached hydrogens (tertiary/aromatic N) is 3. The van der Waals surface area contributed by atoms with Gasteiger partial charge in [0.25, 0.3) is 5.91 Å². The van der Waals surface area contributed by atoms with Gasteiger partial charge in [0.05, 0.1) is 29.6 Å². The van der Waals surface area contributed by atoms with Crippen molar-refractivity contribution in [1.82, 2.24) is 20.5 Å². The third-order valence-corrected chi connectivity index (χ3v) is 4.28. The highest BCUT2D eigenvalue weighted by Crippen LogP contribution is 2.31. The molecule has 0 radical (unpaired) electrons. The van der Waals surface area contributed by atoms with Gasteiger partial charge < -0.3 is 11.1 Å². The van der Waals surface area contributed by atoms with Crippen LogP contribution >= 0.6 is 22.7 Å². The Morgan fingerprint density at radius 1 is 1.47 bits per heavy atom. The van der Waals surface area contributed by atoms with E-state index in [4.69, 9.17) is 5.73 Å². The fourth-order valence-corrected chi connectivity index (χ4v) is 3.13. The average molecular weight is 291 g/mol. The van der Waals surface area contributed by atoms with Crippen molar-refractivity contribution in [3.8, 4) is 0 Å². The molecule has 0 saturated carbocycles. The Bertz CT molecular complexity index is 722. The van der Waals surface area contributed by atoms with Gasteiger partial charge in [-0.25, -0.2) is 4.98 Å². The highest BCUT2D eigenvalue weighted by atomic mass is 32.1. The first kappa shape index (κ1) is 12.0. The molecule has 3 heterocycles. The molecule has 6 nitrogen and oxygen atoms in total. The normalized spacial score (nSPS) is 10.7. The smallest absolute Gasteiger partial charge is 0.263 e. The molecule has 0 spiro atoms. The third kappa shape index (κ3) is 2.27. The van der Waals surface area contributed by atoms with Crippen molar-refractivity contribution in [2.45, 2.75) is 6.54 Å². The minimum atomic E-state index is -0.214. The average Bonchev–Trinajstić information content (AvgIpc) is 3.05. The van der Waals surface area contributed by atoms with Crippen molar-refractivity contribution in [3.05, 3.63) is 33.7 Å². The summed E-state index contributed by atoms with van der Waals surface area (Å²) in [5.74, 6) is -0.214. The maximum atomic E-state index is 12.1. The van der Waals surface area contributed by atoms with Gasteiger partial charge in [-0.05, 0) is 6.07 Å². The number of carbonyl (C=O) groups is 1. The second-order valence-electron chi connectivity index (χ2n) is 3.76. The number of carbonyl (C=O) groups excluding carboxylic acids is 1. The number of aromatic nitrogens is 3. The van der Waals surface area contributed by atoms with E-state index in [2.05, 4.69) is 20.5 Å². The molecule has 8 heteroatoms. The Labute approximate surface area is 116 Å². The Hall–Kier alpha value is -2.06. The summed E-state index contributed by atoms with van der Waals surface area (Å²) in [5, 5.41) is 13.2. The number of thiophene rings is 1. The van der Waals surface area contributed by atoms with Gasteiger partial charge in [-0.1, -0.05) is 0 Å². The Morgan fingerprint density at radius 3 is 3.11 bits per heavy atom. The summed E-state index contributed by atoms with van der Waals surface area (Å²) >= 11 is 2.73. The highest BCUT2D eigenvalue weighted by molar-refractivity contribution is 7.21. The maximum absolute atomic E-state index is 12.1. The zero-order chi connectivity index (χ0) is 13.2. The highest BCUT2D eigenvalue weighted by Gasteiger charge is 2.17. The number of rotatable bonds is 3. The molecule has 96 valence electrons. The summed E-state index contributed by atoms with van der Waals surface area (Å²) < 4.78 is 0. The number of nitrogen functional groups attached to an aromatic ring is 1. The lowest BCUT2D eigenvalue weighted by Crippen LogP contribution is -2.22. The van der Waals surface area contributed by atoms with Crippen molar-refractivity contribution in [2.75, 3.05) is 5.73 Å². The molecule has 0 saturated heterocycles. The van der Waals surface area contributed by atoms with Gasteiger partial charge >= 0.3 is 0 Å². The topological polar surface area (TPSA) is 93.8 Å². The summed E-state index contributed by atoms with van der Waals surface area (Å²) in [7, 11) is 0. The van der Waals surface area contributed by atoms with Crippen molar-refractivity contribution in [2.24, 2.45) is 0 Å². The first-order valence-electron chi connectivity index (χ1n) is 5.40. The van der Waals surface area contributed by atoms with Gasteiger partial charge in [-0.15, -0.1) is 27.8 Å². The second kappa shape index (κ2) is 4.90. The molecule has 0 aliphatic heterocycles. The lowest BCUT2D eigenvalue weighted by Gasteiger charge is -2.01.